The number of hydrogen-bond acceptors (Lipinski definition) is 4. The first-order valence-corrected chi connectivity index (χ1v) is 8.00. The molecule has 0 spiro atoms. The highest BCUT2D eigenvalue weighted by molar-refractivity contribution is 5.94. The smallest absolute Gasteiger partial charge is 0.251 e. The summed E-state index contributed by atoms with van der Waals surface area (Å²) in [6.07, 6.45) is 5.32. The average Bonchev–Trinajstić information content (AvgIpc) is 3.26. The molecule has 3 aromatic rings. The van der Waals surface area contributed by atoms with Gasteiger partial charge in [0.2, 0.25) is 0 Å². The van der Waals surface area contributed by atoms with E-state index in [0.717, 1.165) is 36.7 Å². The fourth-order valence-corrected chi connectivity index (χ4v) is 3.04. The Morgan fingerprint density at radius 2 is 2.08 bits per heavy atom. The zero-order valence-corrected chi connectivity index (χ0v) is 13.4. The lowest BCUT2D eigenvalue weighted by Crippen LogP contribution is -2.41. The maximum Gasteiger partial charge on any atom is 0.251 e. The first-order valence-electron chi connectivity index (χ1n) is 8.00. The predicted octanol–water partition coefficient (Wildman–Crippen LogP) is 1.52. The number of hydrogen-bond donors (Lipinski definition) is 1. The van der Waals surface area contributed by atoms with E-state index in [4.69, 9.17) is 0 Å². The highest BCUT2D eigenvalue weighted by Crippen LogP contribution is 2.15. The number of carbonyl (C=O) groups is 1. The Hall–Kier alpha value is -2.96. The monoisotopic (exact) mass is 322 g/mol. The molecule has 7 nitrogen and oxygen atoms in total. The molecule has 1 amide bonds. The molecular formula is C17H18N6O. The Kier molecular flexibility index (Phi) is 3.60. The molecule has 2 aromatic heterocycles. The standard InChI is InChI=1S/C17H18N6O/c1-12-20-21-16-8-5-14(11-22(12)16)19-17(24)13-3-6-15(7-4-13)23-10-2-9-18-23/h2-4,6-7,9-10,14H,5,8,11H2,1H3,(H,19,24)/t14-/m0/s1. The molecule has 1 aliphatic heterocycles. The lowest BCUT2D eigenvalue weighted by atomic mass is 10.1. The van der Waals surface area contributed by atoms with Crippen LogP contribution in [0.3, 0.4) is 0 Å². The molecule has 122 valence electrons. The number of carbonyl (C=O) groups excluding carboxylic acids is 1. The second-order valence-electron chi connectivity index (χ2n) is 5.98. The number of benzene rings is 1. The summed E-state index contributed by atoms with van der Waals surface area (Å²) >= 11 is 0. The van der Waals surface area contributed by atoms with E-state index in [-0.39, 0.29) is 11.9 Å². The third-order valence-corrected chi connectivity index (χ3v) is 4.37. The van der Waals surface area contributed by atoms with Crippen LogP contribution in [0.1, 0.15) is 28.4 Å². The minimum absolute atomic E-state index is 0.0545. The van der Waals surface area contributed by atoms with Crippen LogP contribution in [0.5, 0.6) is 0 Å². The number of rotatable bonds is 3. The van der Waals surface area contributed by atoms with Crippen LogP contribution < -0.4 is 5.32 Å². The van der Waals surface area contributed by atoms with Crippen molar-refractivity contribution in [2.24, 2.45) is 0 Å². The molecule has 0 saturated carbocycles. The third-order valence-electron chi connectivity index (χ3n) is 4.37. The van der Waals surface area contributed by atoms with Gasteiger partial charge in [-0.3, -0.25) is 4.79 Å². The zero-order valence-electron chi connectivity index (χ0n) is 13.4. The Morgan fingerprint density at radius 3 is 2.83 bits per heavy atom. The summed E-state index contributed by atoms with van der Waals surface area (Å²) in [5, 5.41) is 15.5. The molecular weight excluding hydrogens is 304 g/mol. The van der Waals surface area contributed by atoms with Crippen molar-refractivity contribution in [3.05, 3.63) is 59.9 Å². The summed E-state index contributed by atoms with van der Waals surface area (Å²) < 4.78 is 3.84. The first-order chi connectivity index (χ1) is 11.7. The van der Waals surface area contributed by atoms with Crippen molar-refractivity contribution in [2.75, 3.05) is 0 Å². The molecule has 1 aromatic carbocycles. The Bertz CT molecular complexity index is 850. The number of nitrogens with zero attached hydrogens (tertiary/aromatic N) is 5. The summed E-state index contributed by atoms with van der Waals surface area (Å²) in [5.74, 6) is 1.84. The normalized spacial score (nSPS) is 16.6. The lowest BCUT2D eigenvalue weighted by Gasteiger charge is -2.25. The Morgan fingerprint density at radius 1 is 1.25 bits per heavy atom. The van der Waals surface area contributed by atoms with Crippen LogP contribution in [0.15, 0.2) is 42.7 Å². The predicted molar refractivity (Wildman–Crippen MR) is 87.9 cm³/mol. The van der Waals surface area contributed by atoms with Gasteiger partial charge in [-0.1, -0.05) is 0 Å². The summed E-state index contributed by atoms with van der Waals surface area (Å²) in [6, 6.07) is 9.40. The molecule has 1 atom stereocenters. The molecule has 7 heteroatoms. The van der Waals surface area contributed by atoms with E-state index in [1.807, 2.05) is 43.5 Å². The van der Waals surface area contributed by atoms with Gasteiger partial charge in [-0.15, -0.1) is 10.2 Å². The van der Waals surface area contributed by atoms with E-state index in [9.17, 15) is 4.79 Å². The van der Waals surface area contributed by atoms with Gasteiger partial charge in [-0.25, -0.2) is 4.68 Å². The van der Waals surface area contributed by atoms with Crippen LogP contribution in [-0.2, 0) is 13.0 Å². The van der Waals surface area contributed by atoms with Gasteiger partial charge >= 0.3 is 0 Å². The second kappa shape index (κ2) is 5.92. The summed E-state index contributed by atoms with van der Waals surface area (Å²) in [6.45, 7) is 2.67. The van der Waals surface area contributed by atoms with E-state index in [0.29, 0.717) is 5.56 Å². The van der Waals surface area contributed by atoms with Crippen LogP contribution in [-0.4, -0.2) is 36.5 Å². The molecule has 0 radical (unpaired) electrons. The van der Waals surface area contributed by atoms with Crippen molar-refractivity contribution >= 4 is 5.91 Å². The lowest BCUT2D eigenvalue weighted by molar-refractivity contribution is 0.0927. The minimum Gasteiger partial charge on any atom is -0.347 e. The molecule has 24 heavy (non-hydrogen) atoms. The van der Waals surface area contributed by atoms with E-state index in [1.54, 1.807) is 10.9 Å². The maximum atomic E-state index is 12.5. The molecule has 0 aliphatic carbocycles. The molecule has 0 bridgehead atoms. The quantitative estimate of drug-likeness (QED) is 0.793. The number of nitrogens with one attached hydrogen (secondary N) is 1. The van der Waals surface area contributed by atoms with E-state index >= 15 is 0 Å². The number of fused-ring (bicyclic) bond motifs is 1. The zero-order chi connectivity index (χ0) is 16.5. The highest BCUT2D eigenvalue weighted by atomic mass is 16.1. The van der Waals surface area contributed by atoms with E-state index in [1.165, 1.54) is 0 Å². The van der Waals surface area contributed by atoms with Gasteiger partial charge < -0.3 is 9.88 Å². The maximum absolute atomic E-state index is 12.5. The van der Waals surface area contributed by atoms with Gasteiger partial charge in [0.1, 0.15) is 11.6 Å². The molecule has 1 N–H and O–H groups in total. The Balaban J connectivity index is 1.44. The van der Waals surface area contributed by atoms with Crippen molar-refractivity contribution < 1.29 is 4.79 Å². The molecule has 4 rings (SSSR count). The molecule has 0 unspecified atom stereocenters. The summed E-state index contributed by atoms with van der Waals surface area (Å²) in [4.78, 5) is 12.5. The van der Waals surface area contributed by atoms with Crippen LogP contribution in [0.4, 0.5) is 0 Å². The Labute approximate surface area is 139 Å². The minimum atomic E-state index is -0.0545. The second-order valence-corrected chi connectivity index (χ2v) is 5.98. The average molecular weight is 322 g/mol. The van der Waals surface area contributed by atoms with Crippen LogP contribution >= 0.6 is 0 Å². The van der Waals surface area contributed by atoms with Crippen molar-refractivity contribution in [1.29, 1.82) is 0 Å². The fraction of sp³-hybridized carbons (Fsp3) is 0.294. The summed E-state index contributed by atoms with van der Waals surface area (Å²) in [5.41, 5.74) is 1.58. The number of amides is 1. The van der Waals surface area contributed by atoms with Crippen molar-refractivity contribution in [3.63, 3.8) is 0 Å². The van der Waals surface area contributed by atoms with Gasteiger partial charge in [0.05, 0.1) is 5.69 Å². The van der Waals surface area contributed by atoms with Gasteiger partial charge in [0.25, 0.3) is 5.91 Å². The van der Waals surface area contributed by atoms with Crippen LogP contribution in [0, 0.1) is 6.92 Å². The topological polar surface area (TPSA) is 77.6 Å². The third kappa shape index (κ3) is 2.68. The SMILES string of the molecule is Cc1nnc2n1C[C@@H](NC(=O)c1ccc(-n3cccn3)cc1)CC2. The van der Waals surface area contributed by atoms with E-state index < -0.39 is 0 Å². The molecule has 1 aliphatic rings. The van der Waals surface area contributed by atoms with Gasteiger partial charge in [-0.05, 0) is 43.7 Å². The van der Waals surface area contributed by atoms with E-state index in [2.05, 4.69) is 25.2 Å². The largest absolute Gasteiger partial charge is 0.347 e. The van der Waals surface area contributed by atoms with Gasteiger partial charge in [-0.2, -0.15) is 5.10 Å². The van der Waals surface area contributed by atoms with Crippen molar-refractivity contribution in [3.8, 4) is 5.69 Å². The van der Waals surface area contributed by atoms with Crippen molar-refractivity contribution in [1.82, 2.24) is 29.9 Å². The van der Waals surface area contributed by atoms with Crippen molar-refractivity contribution in [2.45, 2.75) is 32.4 Å². The number of aromatic nitrogens is 5. The van der Waals surface area contributed by atoms with Crippen LogP contribution in [0.2, 0.25) is 0 Å². The fourth-order valence-electron chi connectivity index (χ4n) is 3.04. The molecule has 0 saturated heterocycles. The van der Waals surface area contributed by atoms with Crippen LogP contribution in [0.25, 0.3) is 5.69 Å². The summed E-state index contributed by atoms with van der Waals surface area (Å²) in [7, 11) is 0. The molecule has 0 fully saturated rings. The number of aryl methyl sites for hydroxylation is 2. The van der Waals surface area contributed by atoms with Gasteiger partial charge in [0, 0.05) is 37.0 Å². The highest BCUT2D eigenvalue weighted by Gasteiger charge is 2.23. The first kappa shape index (κ1) is 14.6. The molecule has 3 heterocycles. The van der Waals surface area contributed by atoms with Gasteiger partial charge in [0.15, 0.2) is 0 Å².